The van der Waals surface area contributed by atoms with E-state index in [9.17, 15) is 14.9 Å². The minimum absolute atomic E-state index is 0.0110. The summed E-state index contributed by atoms with van der Waals surface area (Å²) >= 11 is 2.99. The van der Waals surface area contributed by atoms with E-state index < -0.39 is 10.9 Å². The van der Waals surface area contributed by atoms with Crippen LogP contribution in [0.4, 0.5) is 5.69 Å². The Morgan fingerprint density at radius 3 is 2.60 bits per heavy atom. The number of nitro benzene ring substituents is 1. The second-order valence-corrected chi connectivity index (χ2v) is 3.42. The van der Waals surface area contributed by atoms with Crippen LogP contribution in [0.25, 0.3) is 0 Å². The SMILES string of the molecule is COc1cc(Br)c(C(=O)O)cc1[N+](=O)[O-]. The number of nitro groups is 1. The lowest BCUT2D eigenvalue weighted by atomic mass is 10.2. The van der Waals surface area contributed by atoms with E-state index in [1.54, 1.807) is 0 Å². The van der Waals surface area contributed by atoms with Crippen LogP contribution in [0.15, 0.2) is 16.6 Å². The van der Waals surface area contributed by atoms with Crippen LogP contribution < -0.4 is 4.74 Å². The normalized spacial score (nSPS) is 9.73. The van der Waals surface area contributed by atoms with Gasteiger partial charge < -0.3 is 9.84 Å². The Labute approximate surface area is 92.8 Å². The van der Waals surface area contributed by atoms with Gasteiger partial charge in [0, 0.05) is 16.6 Å². The van der Waals surface area contributed by atoms with E-state index in [1.807, 2.05) is 0 Å². The molecule has 0 saturated heterocycles. The smallest absolute Gasteiger partial charge is 0.337 e. The molecule has 0 aliphatic carbocycles. The molecule has 7 heteroatoms. The molecule has 0 amide bonds. The third-order valence-electron chi connectivity index (χ3n) is 1.70. The molecule has 1 rings (SSSR count). The summed E-state index contributed by atoms with van der Waals surface area (Å²) in [6, 6.07) is 2.20. The molecule has 0 atom stereocenters. The lowest BCUT2D eigenvalue weighted by Gasteiger charge is -2.04. The maximum absolute atomic E-state index is 10.7. The van der Waals surface area contributed by atoms with Crippen LogP contribution in [0, 0.1) is 10.1 Å². The van der Waals surface area contributed by atoms with Gasteiger partial charge in [-0.05, 0) is 15.9 Å². The van der Waals surface area contributed by atoms with Gasteiger partial charge >= 0.3 is 11.7 Å². The van der Waals surface area contributed by atoms with Crippen molar-refractivity contribution in [1.29, 1.82) is 0 Å². The first-order valence-electron chi connectivity index (χ1n) is 3.72. The third-order valence-corrected chi connectivity index (χ3v) is 2.35. The van der Waals surface area contributed by atoms with Gasteiger partial charge in [-0.2, -0.15) is 0 Å². The van der Waals surface area contributed by atoms with E-state index in [4.69, 9.17) is 9.84 Å². The molecule has 0 bridgehead atoms. The molecule has 0 heterocycles. The van der Waals surface area contributed by atoms with Crippen molar-refractivity contribution in [2.24, 2.45) is 0 Å². The highest BCUT2D eigenvalue weighted by molar-refractivity contribution is 9.10. The first-order chi connectivity index (χ1) is 6.97. The number of hydrogen-bond acceptors (Lipinski definition) is 4. The molecule has 0 radical (unpaired) electrons. The van der Waals surface area contributed by atoms with Gasteiger partial charge in [0.15, 0.2) is 5.75 Å². The summed E-state index contributed by atoms with van der Waals surface area (Å²) in [5.74, 6) is -1.23. The number of benzene rings is 1. The lowest BCUT2D eigenvalue weighted by molar-refractivity contribution is -0.385. The topological polar surface area (TPSA) is 89.7 Å². The predicted octanol–water partition coefficient (Wildman–Crippen LogP) is 2.06. The van der Waals surface area contributed by atoms with Crippen LogP contribution in [-0.2, 0) is 0 Å². The van der Waals surface area contributed by atoms with Crippen molar-refractivity contribution >= 4 is 27.6 Å². The van der Waals surface area contributed by atoms with Crippen LogP contribution in [0.5, 0.6) is 5.75 Å². The standard InChI is InChI=1S/C8H6BrNO5/c1-15-7-3-5(9)4(8(11)12)2-6(7)10(13)14/h2-3H,1H3,(H,11,12). The van der Waals surface area contributed by atoms with Gasteiger partial charge in [0.2, 0.25) is 0 Å². The summed E-state index contributed by atoms with van der Waals surface area (Å²) in [5.41, 5.74) is -0.555. The Balaban J connectivity index is 3.43. The van der Waals surface area contributed by atoms with Crippen molar-refractivity contribution in [3.05, 3.63) is 32.3 Å². The molecule has 0 aliphatic heterocycles. The molecule has 0 fully saturated rings. The summed E-state index contributed by atoms with van der Waals surface area (Å²) < 4.78 is 4.99. The maximum atomic E-state index is 10.7. The monoisotopic (exact) mass is 275 g/mol. The number of carboxylic acid groups (broad SMARTS) is 1. The zero-order valence-electron chi connectivity index (χ0n) is 7.56. The van der Waals surface area contributed by atoms with E-state index in [0.717, 1.165) is 6.07 Å². The highest BCUT2D eigenvalue weighted by Gasteiger charge is 2.20. The molecule has 15 heavy (non-hydrogen) atoms. The van der Waals surface area contributed by atoms with Crippen LogP contribution in [0.1, 0.15) is 10.4 Å². The molecule has 1 aromatic carbocycles. The second kappa shape index (κ2) is 4.26. The Bertz CT molecular complexity index is 431. The Hall–Kier alpha value is -1.63. The molecule has 0 aliphatic rings. The number of nitrogens with zero attached hydrogens (tertiary/aromatic N) is 1. The minimum Gasteiger partial charge on any atom is -0.490 e. The van der Waals surface area contributed by atoms with E-state index >= 15 is 0 Å². The van der Waals surface area contributed by atoms with Crippen molar-refractivity contribution in [2.75, 3.05) is 7.11 Å². The van der Waals surface area contributed by atoms with E-state index in [0.29, 0.717) is 0 Å². The van der Waals surface area contributed by atoms with Crippen molar-refractivity contribution < 1.29 is 19.6 Å². The van der Waals surface area contributed by atoms with Crippen LogP contribution >= 0.6 is 15.9 Å². The second-order valence-electron chi connectivity index (χ2n) is 2.57. The summed E-state index contributed by atoms with van der Waals surface area (Å²) in [6.07, 6.45) is 0. The van der Waals surface area contributed by atoms with Gasteiger partial charge in [-0.25, -0.2) is 4.79 Å². The number of halogens is 1. The molecule has 1 N–H and O–H groups in total. The van der Waals surface area contributed by atoms with Crippen molar-refractivity contribution in [2.45, 2.75) is 0 Å². The summed E-state index contributed by atoms with van der Waals surface area (Å²) in [5, 5.41) is 19.3. The van der Waals surface area contributed by atoms with Crippen LogP contribution in [0.3, 0.4) is 0 Å². The van der Waals surface area contributed by atoms with Gasteiger partial charge in [0.05, 0.1) is 17.6 Å². The molecule has 1 aromatic rings. The fourth-order valence-corrected chi connectivity index (χ4v) is 1.51. The Morgan fingerprint density at radius 2 is 2.20 bits per heavy atom. The maximum Gasteiger partial charge on any atom is 0.337 e. The fourth-order valence-electron chi connectivity index (χ4n) is 1.01. The number of methoxy groups -OCH3 is 1. The predicted molar refractivity (Wildman–Crippen MR) is 54.3 cm³/mol. The zero-order chi connectivity index (χ0) is 11.6. The third kappa shape index (κ3) is 2.24. The number of rotatable bonds is 3. The molecule has 0 aromatic heterocycles. The number of carboxylic acids is 1. The highest BCUT2D eigenvalue weighted by atomic mass is 79.9. The van der Waals surface area contributed by atoms with E-state index in [-0.39, 0.29) is 21.5 Å². The number of hydrogen-bond donors (Lipinski definition) is 1. The van der Waals surface area contributed by atoms with E-state index in [1.165, 1.54) is 13.2 Å². The summed E-state index contributed by atoms with van der Waals surface area (Å²) in [6.45, 7) is 0. The van der Waals surface area contributed by atoms with Crippen LogP contribution in [-0.4, -0.2) is 23.1 Å². The van der Waals surface area contributed by atoms with Crippen molar-refractivity contribution in [3.63, 3.8) is 0 Å². The molecule has 0 spiro atoms. The largest absolute Gasteiger partial charge is 0.490 e. The first-order valence-corrected chi connectivity index (χ1v) is 4.52. The van der Waals surface area contributed by atoms with E-state index in [2.05, 4.69) is 15.9 Å². The lowest BCUT2D eigenvalue weighted by Crippen LogP contribution is -2.01. The fraction of sp³-hybridized carbons (Fsp3) is 0.125. The molecule has 80 valence electrons. The molecule has 6 nitrogen and oxygen atoms in total. The molecule has 0 saturated carbocycles. The average Bonchev–Trinajstić information content (AvgIpc) is 2.16. The zero-order valence-corrected chi connectivity index (χ0v) is 9.15. The van der Waals surface area contributed by atoms with Crippen molar-refractivity contribution in [1.82, 2.24) is 0 Å². The summed E-state index contributed by atoms with van der Waals surface area (Å²) in [7, 11) is 1.27. The van der Waals surface area contributed by atoms with Gasteiger partial charge in [-0.3, -0.25) is 10.1 Å². The highest BCUT2D eigenvalue weighted by Crippen LogP contribution is 2.32. The molecular weight excluding hydrogens is 270 g/mol. The first kappa shape index (κ1) is 11.4. The molecule has 0 unspecified atom stereocenters. The van der Waals surface area contributed by atoms with Gasteiger partial charge in [-0.15, -0.1) is 0 Å². The van der Waals surface area contributed by atoms with Crippen molar-refractivity contribution in [3.8, 4) is 5.75 Å². The average molecular weight is 276 g/mol. The van der Waals surface area contributed by atoms with Gasteiger partial charge in [0.1, 0.15) is 0 Å². The molecular formula is C8H6BrNO5. The Kier molecular flexibility index (Phi) is 3.25. The van der Waals surface area contributed by atoms with Gasteiger partial charge in [-0.1, -0.05) is 0 Å². The number of carbonyl (C=O) groups is 1. The quantitative estimate of drug-likeness (QED) is 0.674. The minimum atomic E-state index is -1.24. The Morgan fingerprint density at radius 1 is 1.60 bits per heavy atom. The summed E-state index contributed by atoms with van der Waals surface area (Å²) in [4.78, 5) is 20.6. The van der Waals surface area contributed by atoms with Gasteiger partial charge in [0.25, 0.3) is 0 Å². The number of ether oxygens (including phenoxy) is 1. The van der Waals surface area contributed by atoms with Crippen LogP contribution in [0.2, 0.25) is 0 Å². The number of aromatic carboxylic acids is 1.